The summed E-state index contributed by atoms with van der Waals surface area (Å²) in [6.45, 7) is 1.97. The average molecular weight is 294 g/mol. The molecular formula is C13H12BrNO2. The van der Waals surface area contributed by atoms with Crippen molar-refractivity contribution in [3.8, 4) is 6.07 Å². The van der Waals surface area contributed by atoms with Crippen molar-refractivity contribution in [3.63, 3.8) is 0 Å². The normalized spacial score (nSPS) is 25.1. The fourth-order valence-corrected chi connectivity index (χ4v) is 2.72. The molecule has 17 heavy (non-hydrogen) atoms. The molecule has 0 saturated carbocycles. The van der Waals surface area contributed by atoms with Crippen molar-refractivity contribution in [2.45, 2.75) is 30.2 Å². The fraction of sp³-hybridized carbons (Fsp3) is 0.385. The van der Waals surface area contributed by atoms with Crippen molar-refractivity contribution < 1.29 is 9.53 Å². The minimum absolute atomic E-state index is 0.0365. The summed E-state index contributed by atoms with van der Waals surface area (Å²) in [5.41, 5.74) is 0.951. The zero-order valence-corrected chi connectivity index (χ0v) is 11.0. The first-order valence-corrected chi connectivity index (χ1v) is 6.36. The average Bonchev–Trinajstić information content (AvgIpc) is 2.73. The van der Waals surface area contributed by atoms with Gasteiger partial charge in [-0.15, -0.1) is 0 Å². The zero-order valence-electron chi connectivity index (χ0n) is 9.44. The number of carbonyl (C=O) groups excluding carboxylic acids is 1. The highest BCUT2D eigenvalue weighted by Gasteiger charge is 2.45. The smallest absolute Gasteiger partial charge is 0.306 e. The van der Waals surface area contributed by atoms with Gasteiger partial charge >= 0.3 is 5.97 Å². The van der Waals surface area contributed by atoms with Crippen molar-refractivity contribution in [2.24, 2.45) is 0 Å². The van der Waals surface area contributed by atoms with E-state index >= 15 is 0 Å². The number of rotatable bonds is 2. The highest BCUT2D eigenvalue weighted by atomic mass is 79.9. The van der Waals surface area contributed by atoms with Gasteiger partial charge in [-0.25, -0.2) is 0 Å². The summed E-state index contributed by atoms with van der Waals surface area (Å²) in [7, 11) is 0. The molecule has 0 amide bonds. The van der Waals surface area contributed by atoms with Crippen molar-refractivity contribution in [2.75, 3.05) is 0 Å². The van der Waals surface area contributed by atoms with Gasteiger partial charge in [-0.3, -0.25) is 4.79 Å². The molecule has 0 radical (unpaired) electrons. The Balaban J connectivity index is 2.40. The lowest BCUT2D eigenvalue weighted by atomic mass is 9.88. The van der Waals surface area contributed by atoms with Crippen LogP contribution in [-0.4, -0.2) is 10.8 Å². The number of ether oxygens (including phenoxy) is 1. The first-order valence-electron chi connectivity index (χ1n) is 5.45. The lowest BCUT2D eigenvalue weighted by molar-refractivity contribution is -0.148. The van der Waals surface area contributed by atoms with E-state index in [4.69, 9.17) is 10.00 Å². The van der Waals surface area contributed by atoms with Gasteiger partial charge in [0, 0.05) is 12.8 Å². The van der Waals surface area contributed by atoms with E-state index in [2.05, 4.69) is 22.0 Å². The third-order valence-electron chi connectivity index (χ3n) is 3.14. The second-order valence-corrected chi connectivity index (χ2v) is 5.54. The standard InChI is InChI=1S/C13H12BrNO2/c1-9(14)13(7-6-12(16)17-13)11-4-2-10(8-15)3-5-11/h2-5,9H,6-7H2,1H3/t9-,13+/m0/s1. The van der Waals surface area contributed by atoms with Crippen LogP contribution in [0.5, 0.6) is 0 Å². The predicted octanol–water partition coefficient (Wildman–Crippen LogP) is 2.87. The Hall–Kier alpha value is -1.34. The minimum atomic E-state index is -0.592. The van der Waals surface area contributed by atoms with Gasteiger partial charge in [0.2, 0.25) is 0 Å². The number of carbonyl (C=O) groups is 1. The fourth-order valence-electron chi connectivity index (χ4n) is 2.13. The topological polar surface area (TPSA) is 50.1 Å². The Morgan fingerprint density at radius 3 is 2.53 bits per heavy atom. The van der Waals surface area contributed by atoms with Gasteiger partial charge in [0.1, 0.15) is 5.60 Å². The number of cyclic esters (lactones) is 1. The largest absolute Gasteiger partial charge is 0.453 e. The number of esters is 1. The lowest BCUT2D eigenvalue weighted by Crippen LogP contribution is -2.33. The summed E-state index contributed by atoms with van der Waals surface area (Å²) in [5, 5.41) is 8.76. The van der Waals surface area contributed by atoms with E-state index in [1.165, 1.54) is 0 Å². The number of nitriles is 1. The zero-order chi connectivity index (χ0) is 12.5. The summed E-state index contributed by atoms with van der Waals surface area (Å²) in [5.74, 6) is -0.166. The summed E-state index contributed by atoms with van der Waals surface area (Å²) >= 11 is 3.52. The highest BCUT2D eigenvalue weighted by molar-refractivity contribution is 9.09. The van der Waals surface area contributed by atoms with Crippen LogP contribution in [0.3, 0.4) is 0 Å². The van der Waals surface area contributed by atoms with Gasteiger partial charge in [-0.05, 0) is 24.6 Å². The summed E-state index contributed by atoms with van der Waals surface area (Å²) < 4.78 is 5.50. The van der Waals surface area contributed by atoms with Crippen LogP contribution in [-0.2, 0) is 15.1 Å². The Labute approximate surface area is 109 Å². The van der Waals surface area contributed by atoms with E-state index in [0.29, 0.717) is 18.4 Å². The molecule has 0 aromatic heterocycles. The molecule has 0 spiro atoms. The molecule has 2 atom stereocenters. The number of hydrogen-bond donors (Lipinski definition) is 0. The van der Waals surface area contributed by atoms with Crippen molar-refractivity contribution >= 4 is 21.9 Å². The molecule has 88 valence electrons. The third-order valence-corrected chi connectivity index (χ3v) is 3.88. The second kappa shape index (κ2) is 4.50. The van der Waals surface area contributed by atoms with Crippen LogP contribution < -0.4 is 0 Å². The van der Waals surface area contributed by atoms with Gasteiger partial charge < -0.3 is 4.74 Å². The number of benzene rings is 1. The van der Waals surface area contributed by atoms with Crippen LogP contribution in [0.2, 0.25) is 0 Å². The summed E-state index contributed by atoms with van der Waals surface area (Å²) in [6, 6.07) is 9.29. The maximum Gasteiger partial charge on any atom is 0.306 e. The SMILES string of the molecule is C[C@H](Br)[C@@]1(c2ccc(C#N)cc2)CCC(=O)O1. The monoisotopic (exact) mass is 293 g/mol. The molecule has 1 aliphatic heterocycles. The van der Waals surface area contributed by atoms with Crippen molar-refractivity contribution in [1.82, 2.24) is 0 Å². The molecule has 1 aliphatic rings. The Kier molecular flexibility index (Phi) is 3.21. The Morgan fingerprint density at radius 2 is 2.12 bits per heavy atom. The van der Waals surface area contributed by atoms with Crippen LogP contribution in [0.15, 0.2) is 24.3 Å². The highest BCUT2D eigenvalue weighted by Crippen LogP contribution is 2.42. The third kappa shape index (κ3) is 2.07. The molecule has 1 saturated heterocycles. The first kappa shape index (κ1) is 12.1. The molecule has 1 fully saturated rings. The quantitative estimate of drug-likeness (QED) is 0.622. The lowest BCUT2D eigenvalue weighted by Gasteiger charge is -2.31. The maximum atomic E-state index is 11.4. The maximum absolute atomic E-state index is 11.4. The second-order valence-electron chi connectivity index (χ2n) is 4.17. The first-order chi connectivity index (χ1) is 8.08. The molecule has 1 heterocycles. The minimum Gasteiger partial charge on any atom is -0.453 e. The number of nitrogens with zero attached hydrogens (tertiary/aromatic N) is 1. The van der Waals surface area contributed by atoms with Crippen LogP contribution in [0.25, 0.3) is 0 Å². The molecule has 3 nitrogen and oxygen atoms in total. The molecule has 2 rings (SSSR count). The van der Waals surface area contributed by atoms with Gasteiger partial charge in [0.25, 0.3) is 0 Å². The van der Waals surface area contributed by atoms with Gasteiger partial charge in [-0.2, -0.15) is 5.26 Å². The van der Waals surface area contributed by atoms with E-state index in [0.717, 1.165) is 5.56 Å². The van der Waals surface area contributed by atoms with Gasteiger partial charge in [-0.1, -0.05) is 28.1 Å². The van der Waals surface area contributed by atoms with Crippen molar-refractivity contribution in [1.29, 1.82) is 5.26 Å². The number of hydrogen-bond acceptors (Lipinski definition) is 3. The molecule has 0 bridgehead atoms. The molecule has 0 N–H and O–H groups in total. The molecule has 1 aromatic carbocycles. The van der Waals surface area contributed by atoms with Gasteiger partial charge in [0.05, 0.1) is 16.5 Å². The van der Waals surface area contributed by atoms with Crippen LogP contribution in [0.4, 0.5) is 0 Å². The van der Waals surface area contributed by atoms with Crippen LogP contribution in [0.1, 0.15) is 30.9 Å². The van der Waals surface area contributed by atoms with Crippen LogP contribution in [0, 0.1) is 11.3 Å². The summed E-state index contributed by atoms with van der Waals surface area (Å²) in [4.78, 5) is 11.4. The molecule has 1 aromatic rings. The Morgan fingerprint density at radius 1 is 1.47 bits per heavy atom. The summed E-state index contributed by atoms with van der Waals surface area (Å²) in [6.07, 6.45) is 1.11. The molecule has 4 heteroatoms. The Bertz CT molecular complexity index is 475. The molecule has 0 unspecified atom stereocenters. The van der Waals surface area contributed by atoms with Gasteiger partial charge in [0.15, 0.2) is 0 Å². The molecule has 0 aliphatic carbocycles. The van der Waals surface area contributed by atoms with E-state index in [1.54, 1.807) is 12.1 Å². The number of halogens is 1. The molecular weight excluding hydrogens is 282 g/mol. The van der Waals surface area contributed by atoms with E-state index in [-0.39, 0.29) is 10.8 Å². The van der Waals surface area contributed by atoms with E-state index < -0.39 is 5.60 Å². The predicted molar refractivity (Wildman–Crippen MR) is 66.6 cm³/mol. The van der Waals surface area contributed by atoms with E-state index in [1.807, 2.05) is 19.1 Å². The van der Waals surface area contributed by atoms with Crippen molar-refractivity contribution in [3.05, 3.63) is 35.4 Å². The number of alkyl halides is 1. The van der Waals surface area contributed by atoms with Crippen LogP contribution >= 0.6 is 15.9 Å². The van der Waals surface area contributed by atoms with E-state index in [9.17, 15) is 4.79 Å².